The molecule has 1 aliphatic carbocycles. The first kappa shape index (κ1) is 14.4. The summed E-state index contributed by atoms with van der Waals surface area (Å²) in [5, 5.41) is 0. The van der Waals surface area contributed by atoms with E-state index in [2.05, 4.69) is 38.1 Å². The number of nitrogens with two attached hydrogens (primary N) is 1. The maximum Gasteiger partial charge on any atom is 0.119 e. The molecule has 2 N–H and O–H groups in total. The molecular weight excluding hydrogens is 234 g/mol. The van der Waals surface area contributed by atoms with Crippen molar-refractivity contribution in [3.8, 4) is 5.75 Å². The molecule has 2 heteroatoms. The van der Waals surface area contributed by atoms with E-state index in [1.807, 2.05) is 13.8 Å². The lowest BCUT2D eigenvalue weighted by Crippen LogP contribution is -2.37. The van der Waals surface area contributed by atoms with Crippen molar-refractivity contribution in [2.24, 2.45) is 11.1 Å². The topological polar surface area (TPSA) is 35.2 Å². The molecule has 1 saturated carbocycles. The Hall–Kier alpha value is -1.02. The molecule has 0 aliphatic heterocycles. The van der Waals surface area contributed by atoms with Crippen molar-refractivity contribution in [2.45, 2.75) is 65.0 Å². The molecule has 0 spiro atoms. The third kappa shape index (κ3) is 3.73. The van der Waals surface area contributed by atoms with Crippen LogP contribution in [0.5, 0.6) is 5.75 Å². The van der Waals surface area contributed by atoms with E-state index in [0.717, 1.165) is 12.2 Å². The molecule has 2 unspecified atom stereocenters. The summed E-state index contributed by atoms with van der Waals surface area (Å²) in [5.74, 6) is 1.43. The van der Waals surface area contributed by atoms with Crippen LogP contribution >= 0.6 is 0 Å². The molecule has 1 aliphatic rings. The Morgan fingerprint density at radius 2 is 1.84 bits per heavy atom. The van der Waals surface area contributed by atoms with Crippen molar-refractivity contribution in [1.82, 2.24) is 0 Å². The second-order valence-electron chi connectivity index (χ2n) is 6.91. The molecule has 2 nitrogen and oxygen atoms in total. The Morgan fingerprint density at radius 3 is 2.42 bits per heavy atom. The third-order valence-electron chi connectivity index (χ3n) is 4.12. The van der Waals surface area contributed by atoms with Crippen LogP contribution in [0.2, 0.25) is 0 Å². The van der Waals surface area contributed by atoms with Gasteiger partial charge in [0.2, 0.25) is 0 Å². The first-order valence-corrected chi connectivity index (χ1v) is 7.39. The number of ether oxygens (including phenoxy) is 1. The molecule has 0 radical (unpaired) electrons. The van der Waals surface area contributed by atoms with Crippen molar-refractivity contribution in [3.63, 3.8) is 0 Å². The summed E-state index contributed by atoms with van der Waals surface area (Å²) in [6, 6.07) is 8.81. The van der Waals surface area contributed by atoms with E-state index >= 15 is 0 Å². The molecule has 19 heavy (non-hydrogen) atoms. The van der Waals surface area contributed by atoms with Gasteiger partial charge >= 0.3 is 0 Å². The molecule has 1 aromatic carbocycles. The molecule has 106 valence electrons. The Morgan fingerprint density at radius 1 is 1.21 bits per heavy atom. The zero-order valence-electron chi connectivity index (χ0n) is 12.6. The quantitative estimate of drug-likeness (QED) is 0.889. The molecule has 0 bridgehead atoms. The van der Waals surface area contributed by atoms with Crippen molar-refractivity contribution in [3.05, 3.63) is 29.8 Å². The van der Waals surface area contributed by atoms with E-state index in [1.165, 1.54) is 18.4 Å². The van der Waals surface area contributed by atoms with Gasteiger partial charge in [0, 0.05) is 6.04 Å². The maximum atomic E-state index is 6.32. The minimum absolute atomic E-state index is 0.224. The number of benzene rings is 1. The number of rotatable bonds is 3. The second kappa shape index (κ2) is 5.54. The van der Waals surface area contributed by atoms with Crippen LogP contribution < -0.4 is 10.5 Å². The monoisotopic (exact) mass is 261 g/mol. The summed E-state index contributed by atoms with van der Waals surface area (Å²) in [6.07, 6.45) is 3.77. The predicted octanol–water partition coefficient (Wildman–Crippen LogP) is 4.09. The van der Waals surface area contributed by atoms with E-state index in [1.54, 1.807) is 0 Å². The number of hydrogen-bond donors (Lipinski definition) is 1. The Balaban J connectivity index is 2.12. The molecule has 0 aromatic heterocycles. The fourth-order valence-corrected chi connectivity index (χ4v) is 3.04. The van der Waals surface area contributed by atoms with Gasteiger partial charge in [0.1, 0.15) is 5.75 Å². The van der Waals surface area contributed by atoms with Gasteiger partial charge < -0.3 is 10.5 Å². The Kier molecular flexibility index (Phi) is 4.19. The largest absolute Gasteiger partial charge is 0.491 e. The number of hydrogen-bond acceptors (Lipinski definition) is 2. The van der Waals surface area contributed by atoms with Gasteiger partial charge in [-0.25, -0.2) is 0 Å². The van der Waals surface area contributed by atoms with Crippen LogP contribution in [0.15, 0.2) is 24.3 Å². The molecule has 1 aromatic rings. The van der Waals surface area contributed by atoms with Gasteiger partial charge in [-0.05, 0) is 62.1 Å². The fourth-order valence-electron chi connectivity index (χ4n) is 3.04. The van der Waals surface area contributed by atoms with Crippen molar-refractivity contribution in [2.75, 3.05) is 0 Å². The van der Waals surface area contributed by atoms with Crippen LogP contribution in [0.4, 0.5) is 0 Å². The smallest absolute Gasteiger partial charge is 0.119 e. The lowest BCUT2D eigenvalue weighted by molar-refractivity contribution is 0.198. The van der Waals surface area contributed by atoms with E-state index in [4.69, 9.17) is 10.5 Å². The molecule has 1 fully saturated rings. The molecule has 0 heterocycles. The van der Waals surface area contributed by atoms with Gasteiger partial charge in [-0.2, -0.15) is 0 Å². The van der Waals surface area contributed by atoms with Gasteiger partial charge in [0.15, 0.2) is 0 Å². The third-order valence-corrected chi connectivity index (χ3v) is 4.12. The van der Waals surface area contributed by atoms with E-state index in [9.17, 15) is 0 Å². The first-order chi connectivity index (χ1) is 8.87. The zero-order chi connectivity index (χ0) is 14.0. The summed E-state index contributed by atoms with van der Waals surface area (Å²) in [4.78, 5) is 0. The molecule has 2 rings (SSSR count). The van der Waals surface area contributed by atoms with Crippen molar-refractivity contribution >= 4 is 0 Å². The SMILES string of the molecule is CC(C)Oc1ccc(C2CC(C)(C)CCC2N)cc1. The average molecular weight is 261 g/mol. The fraction of sp³-hybridized carbons (Fsp3) is 0.647. The normalized spacial score (nSPS) is 26.4. The molecular formula is C17H27NO. The van der Waals surface area contributed by atoms with Crippen molar-refractivity contribution < 1.29 is 4.74 Å². The van der Waals surface area contributed by atoms with Gasteiger partial charge in [0.25, 0.3) is 0 Å². The van der Waals surface area contributed by atoms with Crippen LogP contribution in [-0.2, 0) is 0 Å². The summed E-state index contributed by atoms with van der Waals surface area (Å²) >= 11 is 0. The summed E-state index contributed by atoms with van der Waals surface area (Å²) in [7, 11) is 0. The molecule has 0 saturated heterocycles. The van der Waals surface area contributed by atoms with Gasteiger partial charge in [0.05, 0.1) is 6.10 Å². The summed E-state index contributed by atoms with van der Waals surface area (Å²) in [5.41, 5.74) is 8.09. The second-order valence-corrected chi connectivity index (χ2v) is 6.91. The predicted molar refractivity (Wildman–Crippen MR) is 80.6 cm³/mol. The molecule has 0 amide bonds. The standard InChI is InChI=1S/C17H27NO/c1-12(2)19-14-7-5-13(6-8-14)15-11-17(3,4)10-9-16(15)18/h5-8,12,15-16H,9-11,18H2,1-4H3. The highest BCUT2D eigenvalue weighted by atomic mass is 16.5. The zero-order valence-corrected chi connectivity index (χ0v) is 12.6. The first-order valence-electron chi connectivity index (χ1n) is 7.39. The highest BCUT2D eigenvalue weighted by Crippen LogP contribution is 2.42. The van der Waals surface area contributed by atoms with Crippen LogP contribution in [0.25, 0.3) is 0 Å². The highest BCUT2D eigenvalue weighted by molar-refractivity contribution is 5.31. The summed E-state index contributed by atoms with van der Waals surface area (Å²) < 4.78 is 5.69. The van der Waals surface area contributed by atoms with Gasteiger partial charge in [-0.15, -0.1) is 0 Å². The van der Waals surface area contributed by atoms with Crippen LogP contribution in [0, 0.1) is 5.41 Å². The average Bonchev–Trinajstić information content (AvgIpc) is 2.33. The Bertz CT molecular complexity index is 408. The van der Waals surface area contributed by atoms with Gasteiger partial charge in [-0.1, -0.05) is 26.0 Å². The minimum Gasteiger partial charge on any atom is -0.491 e. The minimum atomic E-state index is 0.224. The highest BCUT2D eigenvalue weighted by Gasteiger charge is 2.33. The van der Waals surface area contributed by atoms with E-state index in [-0.39, 0.29) is 6.10 Å². The van der Waals surface area contributed by atoms with E-state index < -0.39 is 0 Å². The lowest BCUT2D eigenvalue weighted by Gasteiger charge is -2.39. The molecule has 2 atom stereocenters. The summed E-state index contributed by atoms with van der Waals surface area (Å²) in [6.45, 7) is 8.80. The van der Waals surface area contributed by atoms with Crippen LogP contribution in [-0.4, -0.2) is 12.1 Å². The maximum absolute atomic E-state index is 6.32. The van der Waals surface area contributed by atoms with Gasteiger partial charge in [-0.3, -0.25) is 0 Å². The van der Waals surface area contributed by atoms with Crippen molar-refractivity contribution in [1.29, 1.82) is 0 Å². The Labute approximate surface area is 117 Å². The lowest BCUT2D eigenvalue weighted by atomic mass is 9.68. The van der Waals surface area contributed by atoms with E-state index in [0.29, 0.717) is 17.4 Å². The van der Waals surface area contributed by atoms with Crippen LogP contribution in [0.1, 0.15) is 58.4 Å². The van der Waals surface area contributed by atoms with Crippen LogP contribution in [0.3, 0.4) is 0 Å².